The summed E-state index contributed by atoms with van der Waals surface area (Å²) >= 11 is 1.90. The third-order valence-corrected chi connectivity index (χ3v) is 4.49. The van der Waals surface area contributed by atoms with Crippen LogP contribution in [0.1, 0.15) is 28.4 Å². The molecule has 0 saturated carbocycles. The van der Waals surface area contributed by atoms with Crippen LogP contribution in [0.15, 0.2) is 4.99 Å². The van der Waals surface area contributed by atoms with Gasteiger partial charge in [-0.05, 0) is 25.7 Å². The standard InChI is InChI=1S/C14H24N4S/c1-17(2)14(18(3)4)15-10-9-13-16-11-7-5-6-8-12(11)19-13/h5-10H2,1-4H3. The van der Waals surface area contributed by atoms with Crippen molar-refractivity contribution < 1.29 is 0 Å². The molecule has 1 aliphatic carbocycles. The molecule has 0 spiro atoms. The molecule has 0 fully saturated rings. The van der Waals surface area contributed by atoms with Gasteiger partial charge in [-0.1, -0.05) is 0 Å². The highest BCUT2D eigenvalue weighted by Gasteiger charge is 2.14. The van der Waals surface area contributed by atoms with Gasteiger partial charge in [0.1, 0.15) is 0 Å². The Kier molecular flexibility index (Phi) is 4.80. The minimum absolute atomic E-state index is 0.818. The molecule has 0 radical (unpaired) electrons. The number of nitrogens with zero attached hydrogens (tertiary/aromatic N) is 4. The molecule has 1 aromatic heterocycles. The first-order valence-corrected chi connectivity index (χ1v) is 7.76. The van der Waals surface area contributed by atoms with Crippen LogP contribution in [0.25, 0.3) is 0 Å². The van der Waals surface area contributed by atoms with Crippen LogP contribution in [0.2, 0.25) is 0 Å². The summed E-state index contributed by atoms with van der Waals surface area (Å²) in [6, 6.07) is 0. The number of thiazole rings is 1. The predicted octanol–water partition coefficient (Wildman–Crippen LogP) is 2.04. The largest absolute Gasteiger partial charge is 0.349 e. The highest BCUT2D eigenvalue weighted by molar-refractivity contribution is 7.11. The molecule has 0 saturated heterocycles. The van der Waals surface area contributed by atoms with Crippen LogP contribution in [0, 0.1) is 0 Å². The van der Waals surface area contributed by atoms with E-state index in [1.807, 2.05) is 49.3 Å². The average Bonchev–Trinajstić information content (AvgIpc) is 2.76. The summed E-state index contributed by atoms with van der Waals surface area (Å²) in [5, 5.41) is 1.26. The number of aromatic nitrogens is 1. The fourth-order valence-electron chi connectivity index (χ4n) is 2.45. The number of fused-ring (bicyclic) bond motifs is 1. The molecule has 0 aliphatic heterocycles. The Labute approximate surface area is 120 Å². The molecule has 1 aliphatic rings. The van der Waals surface area contributed by atoms with E-state index < -0.39 is 0 Å². The van der Waals surface area contributed by atoms with Gasteiger partial charge in [-0.15, -0.1) is 11.3 Å². The molecule has 0 amide bonds. The van der Waals surface area contributed by atoms with Gasteiger partial charge in [0.05, 0.1) is 10.7 Å². The van der Waals surface area contributed by atoms with Crippen molar-refractivity contribution in [3.63, 3.8) is 0 Å². The maximum Gasteiger partial charge on any atom is 0.195 e. The summed E-state index contributed by atoms with van der Waals surface area (Å²) in [7, 11) is 8.11. The second-order valence-electron chi connectivity index (χ2n) is 5.41. The van der Waals surface area contributed by atoms with Crippen molar-refractivity contribution in [2.24, 2.45) is 4.99 Å². The van der Waals surface area contributed by atoms with Gasteiger partial charge in [-0.2, -0.15) is 0 Å². The minimum atomic E-state index is 0.818. The van der Waals surface area contributed by atoms with Crippen molar-refractivity contribution in [1.29, 1.82) is 0 Å². The van der Waals surface area contributed by atoms with Crippen LogP contribution in [0.5, 0.6) is 0 Å². The van der Waals surface area contributed by atoms with Crippen LogP contribution in [-0.2, 0) is 19.3 Å². The zero-order valence-corrected chi connectivity index (χ0v) is 13.3. The van der Waals surface area contributed by atoms with Gasteiger partial charge in [-0.3, -0.25) is 4.99 Å². The summed E-state index contributed by atoms with van der Waals surface area (Å²) in [6.07, 6.45) is 6.01. The maximum absolute atomic E-state index is 4.76. The molecule has 5 heteroatoms. The highest BCUT2D eigenvalue weighted by Crippen LogP contribution is 2.26. The Balaban J connectivity index is 1.95. The number of hydrogen-bond donors (Lipinski definition) is 0. The van der Waals surface area contributed by atoms with E-state index in [0.717, 1.165) is 18.9 Å². The lowest BCUT2D eigenvalue weighted by Crippen LogP contribution is -2.35. The molecule has 4 nitrogen and oxygen atoms in total. The van der Waals surface area contributed by atoms with E-state index in [1.165, 1.54) is 41.3 Å². The summed E-state index contributed by atoms with van der Waals surface area (Å²) in [5.74, 6) is 1.02. The number of guanidine groups is 1. The Bertz CT molecular complexity index is 415. The first-order valence-electron chi connectivity index (χ1n) is 6.94. The van der Waals surface area contributed by atoms with Crippen molar-refractivity contribution in [2.45, 2.75) is 32.1 Å². The third kappa shape index (κ3) is 3.69. The molecule has 19 heavy (non-hydrogen) atoms. The molecule has 0 N–H and O–H groups in total. The predicted molar refractivity (Wildman–Crippen MR) is 82.1 cm³/mol. The Morgan fingerprint density at radius 3 is 2.47 bits per heavy atom. The molecular weight excluding hydrogens is 256 g/mol. The fraction of sp³-hybridized carbons (Fsp3) is 0.714. The van der Waals surface area contributed by atoms with E-state index >= 15 is 0 Å². The van der Waals surface area contributed by atoms with E-state index in [1.54, 1.807) is 0 Å². The van der Waals surface area contributed by atoms with Crippen molar-refractivity contribution in [3.8, 4) is 0 Å². The Morgan fingerprint density at radius 2 is 1.84 bits per heavy atom. The normalized spacial score (nSPS) is 13.9. The van der Waals surface area contributed by atoms with Crippen LogP contribution in [0.4, 0.5) is 0 Å². The monoisotopic (exact) mass is 280 g/mol. The van der Waals surface area contributed by atoms with E-state index in [4.69, 9.17) is 4.98 Å². The molecule has 1 aromatic rings. The SMILES string of the molecule is CN(C)C(=NCCc1nc2c(s1)CCCC2)N(C)C. The second-order valence-corrected chi connectivity index (χ2v) is 6.57. The smallest absolute Gasteiger partial charge is 0.195 e. The molecule has 1 heterocycles. The Morgan fingerprint density at radius 1 is 1.16 bits per heavy atom. The quantitative estimate of drug-likeness (QED) is 0.627. The lowest BCUT2D eigenvalue weighted by molar-refractivity contribution is 0.479. The van der Waals surface area contributed by atoms with E-state index in [2.05, 4.69) is 4.99 Å². The molecule has 106 valence electrons. The van der Waals surface area contributed by atoms with Crippen LogP contribution in [-0.4, -0.2) is 55.5 Å². The van der Waals surface area contributed by atoms with Crippen molar-refractivity contribution >= 4 is 17.3 Å². The minimum Gasteiger partial charge on any atom is -0.349 e. The molecular formula is C14H24N4S. The van der Waals surface area contributed by atoms with Gasteiger partial charge in [0.25, 0.3) is 0 Å². The van der Waals surface area contributed by atoms with Crippen molar-refractivity contribution in [2.75, 3.05) is 34.7 Å². The zero-order chi connectivity index (χ0) is 13.8. The van der Waals surface area contributed by atoms with Crippen LogP contribution < -0.4 is 0 Å². The lowest BCUT2D eigenvalue weighted by atomic mass is 10.0. The third-order valence-electron chi connectivity index (χ3n) is 3.27. The summed E-state index contributed by atoms with van der Waals surface area (Å²) < 4.78 is 0. The number of hydrogen-bond acceptors (Lipinski definition) is 3. The van der Waals surface area contributed by atoms with Crippen molar-refractivity contribution in [3.05, 3.63) is 15.6 Å². The molecule has 0 unspecified atom stereocenters. The van der Waals surface area contributed by atoms with Gasteiger partial charge in [0.2, 0.25) is 0 Å². The van der Waals surface area contributed by atoms with Gasteiger partial charge >= 0.3 is 0 Å². The van der Waals surface area contributed by atoms with Crippen molar-refractivity contribution in [1.82, 2.24) is 14.8 Å². The van der Waals surface area contributed by atoms with Gasteiger partial charge in [0.15, 0.2) is 5.96 Å². The topological polar surface area (TPSA) is 31.7 Å². The Hall–Kier alpha value is -1.10. The number of aryl methyl sites for hydroxylation is 2. The lowest BCUT2D eigenvalue weighted by Gasteiger charge is -2.22. The summed E-state index contributed by atoms with van der Waals surface area (Å²) in [5.41, 5.74) is 1.36. The van der Waals surface area contributed by atoms with E-state index in [9.17, 15) is 0 Å². The first-order chi connectivity index (χ1) is 9.08. The van der Waals surface area contributed by atoms with Crippen LogP contribution >= 0.6 is 11.3 Å². The average molecular weight is 280 g/mol. The van der Waals surface area contributed by atoms with Gasteiger partial charge < -0.3 is 9.80 Å². The zero-order valence-electron chi connectivity index (χ0n) is 12.4. The van der Waals surface area contributed by atoms with E-state index in [-0.39, 0.29) is 0 Å². The van der Waals surface area contributed by atoms with Crippen LogP contribution in [0.3, 0.4) is 0 Å². The molecule has 2 rings (SSSR count). The van der Waals surface area contributed by atoms with Gasteiger partial charge in [0, 0.05) is 46.0 Å². The van der Waals surface area contributed by atoms with Gasteiger partial charge in [-0.25, -0.2) is 4.98 Å². The highest BCUT2D eigenvalue weighted by atomic mass is 32.1. The fourth-order valence-corrected chi connectivity index (χ4v) is 3.59. The molecule has 0 atom stereocenters. The second kappa shape index (κ2) is 6.37. The molecule has 0 aromatic carbocycles. The molecule has 0 bridgehead atoms. The summed E-state index contributed by atoms with van der Waals surface area (Å²) in [4.78, 5) is 15.0. The first kappa shape index (κ1) is 14.3. The summed E-state index contributed by atoms with van der Waals surface area (Å²) in [6.45, 7) is 0.818. The number of rotatable bonds is 3. The number of aliphatic imine (C=N–C) groups is 1. The maximum atomic E-state index is 4.76. The van der Waals surface area contributed by atoms with E-state index in [0.29, 0.717) is 0 Å².